The van der Waals surface area contributed by atoms with Gasteiger partial charge in [-0.25, -0.2) is 0 Å². The lowest BCUT2D eigenvalue weighted by Crippen LogP contribution is -2.19. The highest BCUT2D eigenvalue weighted by atomic mass is 16.6. The zero-order chi connectivity index (χ0) is 16.1. The number of nitro benzene ring substituents is 1. The smallest absolute Gasteiger partial charge is 0.277 e. The Balaban J connectivity index is 2.24. The molecule has 2 rings (SSSR count). The minimum Gasteiger partial charge on any atom is -0.478 e. The van der Waals surface area contributed by atoms with Crippen LogP contribution in [0.5, 0.6) is 5.88 Å². The Morgan fingerprint density at radius 1 is 1.45 bits per heavy atom. The Hall–Kier alpha value is -3.30. The summed E-state index contributed by atoms with van der Waals surface area (Å²) in [5.41, 5.74) is 0.605. The van der Waals surface area contributed by atoms with Crippen LogP contribution >= 0.6 is 0 Å². The van der Waals surface area contributed by atoms with Crippen LogP contribution in [-0.4, -0.2) is 46.3 Å². The van der Waals surface area contributed by atoms with Crippen molar-refractivity contribution in [1.29, 1.82) is 0 Å². The van der Waals surface area contributed by atoms with Crippen molar-refractivity contribution in [2.75, 3.05) is 14.2 Å². The number of carbonyl (C=O) groups excluding carboxylic acids is 1. The van der Waals surface area contributed by atoms with E-state index in [0.29, 0.717) is 5.56 Å². The Labute approximate surface area is 124 Å². The zero-order valence-electron chi connectivity index (χ0n) is 11.8. The standard InChI is InChI=1S/C12H12N6O4/c1-13-11(19)10-12(22-2)17(16-15-10)14-7-8-3-5-9(6-4-8)18(20)21/h3-7H,1-2H3,(H,13,19). The molecule has 114 valence electrons. The van der Waals surface area contributed by atoms with Crippen LogP contribution < -0.4 is 10.1 Å². The molecule has 0 aliphatic heterocycles. The average Bonchev–Trinajstić information content (AvgIpc) is 2.95. The van der Waals surface area contributed by atoms with E-state index in [2.05, 4.69) is 20.7 Å². The molecule has 1 N–H and O–H groups in total. The maximum Gasteiger partial charge on any atom is 0.277 e. The van der Waals surface area contributed by atoms with E-state index in [9.17, 15) is 14.9 Å². The van der Waals surface area contributed by atoms with Crippen molar-refractivity contribution in [3.05, 3.63) is 45.6 Å². The Kier molecular flexibility index (Phi) is 4.41. The third-order valence-electron chi connectivity index (χ3n) is 2.67. The lowest BCUT2D eigenvalue weighted by molar-refractivity contribution is -0.384. The first-order chi connectivity index (χ1) is 10.6. The summed E-state index contributed by atoms with van der Waals surface area (Å²) >= 11 is 0. The zero-order valence-corrected chi connectivity index (χ0v) is 11.8. The quantitative estimate of drug-likeness (QED) is 0.485. The Morgan fingerprint density at radius 2 is 2.14 bits per heavy atom. The van der Waals surface area contributed by atoms with E-state index in [1.807, 2.05) is 0 Å². The summed E-state index contributed by atoms with van der Waals surface area (Å²) in [4.78, 5) is 22.7. The van der Waals surface area contributed by atoms with Crippen molar-refractivity contribution >= 4 is 17.8 Å². The molecule has 0 aliphatic rings. The largest absolute Gasteiger partial charge is 0.478 e. The number of non-ortho nitro benzene ring substituents is 1. The van der Waals surface area contributed by atoms with Crippen molar-refractivity contribution in [2.24, 2.45) is 5.10 Å². The molecule has 0 fully saturated rings. The maximum atomic E-state index is 11.6. The molecule has 0 unspecified atom stereocenters. The molecule has 0 atom stereocenters. The molecule has 0 saturated heterocycles. The first-order valence-electron chi connectivity index (χ1n) is 6.07. The molecule has 1 aromatic carbocycles. The first kappa shape index (κ1) is 15.1. The summed E-state index contributed by atoms with van der Waals surface area (Å²) < 4.78 is 5.05. The number of carbonyl (C=O) groups is 1. The third-order valence-corrected chi connectivity index (χ3v) is 2.67. The highest BCUT2D eigenvalue weighted by molar-refractivity contribution is 5.94. The highest BCUT2D eigenvalue weighted by Gasteiger charge is 2.19. The van der Waals surface area contributed by atoms with E-state index >= 15 is 0 Å². The van der Waals surface area contributed by atoms with Gasteiger partial charge in [-0.3, -0.25) is 14.9 Å². The number of benzene rings is 1. The number of hydrogen-bond acceptors (Lipinski definition) is 7. The van der Waals surface area contributed by atoms with Gasteiger partial charge in [0, 0.05) is 19.2 Å². The van der Waals surface area contributed by atoms with E-state index in [0.717, 1.165) is 4.79 Å². The summed E-state index contributed by atoms with van der Waals surface area (Å²) in [7, 11) is 2.82. The number of rotatable bonds is 5. The average molecular weight is 304 g/mol. The molecule has 1 heterocycles. The number of nitrogens with one attached hydrogen (secondary N) is 1. The SMILES string of the molecule is CNC(=O)c1nnn(N=Cc2ccc([N+](=O)[O-])cc2)c1OC. The predicted octanol–water partition coefficient (Wildman–Crippen LogP) is 0.437. The monoisotopic (exact) mass is 304 g/mol. The summed E-state index contributed by atoms with van der Waals surface area (Å²) in [5, 5.41) is 24.3. The Morgan fingerprint density at radius 3 is 2.68 bits per heavy atom. The fourth-order valence-electron chi connectivity index (χ4n) is 1.58. The van der Waals surface area contributed by atoms with Gasteiger partial charge in [-0.05, 0) is 22.9 Å². The van der Waals surface area contributed by atoms with Gasteiger partial charge in [0.15, 0.2) is 0 Å². The lowest BCUT2D eigenvalue weighted by Gasteiger charge is -2.00. The van der Waals surface area contributed by atoms with E-state index in [1.54, 1.807) is 0 Å². The molecular weight excluding hydrogens is 292 g/mol. The van der Waals surface area contributed by atoms with E-state index < -0.39 is 10.8 Å². The normalized spacial score (nSPS) is 10.6. The molecule has 22 heavy (non-hydrogen) atoms. The van der Waals surface area contributed by atoms with Crippen LogP contribution in [0.3, 0.4) is 0 Å². The van der Waals surface area contributed by atoms with Crippen molar-refractivity contribution in [2.45, 2.75) is 0 Å². The first-order valence-corrected chi connectivity index (χ1v) is 6.07. The molecule has 0 bridgehead atoms. The molecule has 0 spiro atoms. The molecule has 1 amide bonds. The fraction of sp³-hybridized carbons (Fsp3) is 0.167. The minimum absolute atomic E-state index is 0.00542. The summed E-state index contributed by atoms with van der Waals surface area (Å²) in [6.45, 7) is 0. The van der Waals surface area contributed by atoms with Gasteiger partial charge < -0.3 is 10.1 Å². The van der Waals surface area contributed by atoms with Crippen LogP contribution in [0.1, 0.15) is 16.1 Å². The molecule has 2 aromatic rings. The maximum absolute atomic E-state index is 11.6. The van der Waals surface area contributed by atoms with Crippen LogP contribution in [0, 0.1) is 10.1 Å². The van der Waals surface area contributed by atoms with E-state index in [-0.39, 0.29) is 17.3 Å². The number of ether oxygens (including phenoxy) is 1. The van der Waals surface area contributed by atoms with Crippen molar-refractivity contribution in [1.82, 2.24) is 20.4 Å². The highest BCUT2D eigenvalue weighted by Crippen LogP contribution is 2.15. The molecular formula is C12H12N6O4. The summed E-state index contributed by atoms with van der Waals surface area (Å²) in [6, 6.07) is 5.78. The molecule has 0 radical (unpaired) electrons. The number of hydrogen-bond donors (Lipinski definition) is 1. The van der Waals surface area contributed by atoms with Gasteiger partial charge in [-0.2, -0.15) is 5.10 Å². The van der Waals surface area contributed by atoms with Crippen LogP contribution in [0.4, 0.5) is 5.69 Å². The van der Waals surface area contributed by atoms with Crippen molar-refractivity contribution in [3.63, 3.8) is 0 Å². The van der Waals surface area contributed by atoms with Gasteiger partial charge in [0.1, 0.15) is 0 Å². The predicted molar refractivity (Wildman–Crippen MR) is 76.1 cm³/mol. The fourth-order valence-corrected chi connectivity index (χ4v) is 1.58. The lowest BCUT2D eigenvalue weighted by atomic mass is 10.2. The van der Waals surface area contributed by atoms with Gasteiger partial charge in [-0.1, -0.05) is 4.79 Å². The van der Waals surface area contributed by atoms with E-state index in [4.69, 9.17) is 4.74 Å². The van der Waals surface area contributed by atoms with Crippen molar-refractivity contribution in [3.8, 4) is 5.88 Å². The molecule has 10 heteroatoms. The second-order valence-corrected chi connectivity index (χ2v) is 4.01. The summed E-state index contributed by atoms with van der Waals surface area (Å²) in [6.07, 6.45) is 1.41. The summed E-state index contributed by atoms with van der Waals surface area (Å²) in [5.74, 6) is -0.369. The third kappa shape index (κ3) is 3.06. The minimum atomic E-state index is -0.489. The second kappa shape index (κ2) is 6.43. The molecule has 10 nitrogen and oxygen atoms in total. The number of nitrogens with zero attached hydrogens (tertiary/aromatic N) is 5. The second-order valence-electron chi connectivity index (χ2n) is 4.01. The molecule has 1 aromatic heterocycles. The van der Waals surface area contributed by atoms with Gasteiger partial charge in [0.2, 0.25) is 5.69 Å². The van der Waals surface area contributed by atoms with Gasteiger partial charge >= 0.3 is 0 Å². The number of nitro groups is 1. The van der Waals surface area contributed by atoms with Gasteiger partial charge in [0.05, 0.1) is 18.2 Å². The van der Waals surface area contributed by atoms with E-state index in [1.165, 1.54) is 44.6 Å². The van der Waals surface area contributed by atoms with Gasteiger partial charge in [-0.15, -0.1) is 5.10 Å². The van der Waals surface area contributed by atoms with Crippen LogP contribution in [0.25, 0.3) is 0 Å². The van der Waals surface area contributed by atoms with Crippen molar-refractivity contribution < 1.29 is 14.5 Å². The van der Waals surface area contributed by atoms with Crippen LogP contribution in [-0.2, 0) is 0 Å². The number of aromatic nitrogens is 3. The van der Waals surface area contributed by atoms with Crippen LogP contribution in [0.2, 0.25) is 0 Å². The molecule has 0 aliphatic carbocycles. The Bertz CT molecular complexity index is 722. The van der Waals surface area contributed by atoms with Gasteiger partial charge in [0.25, 0.3) is 17.5 Å². The topological polar surface area (TPSA) is 125 Å². The van der Waals surface area contributed by atoms with Crippen LogP contribution in [0.15, 0.2) is 29.4 Å². The number of amides is 1. The molecule has 0 saturated carbocycles. The number of methoxy groups -OCH3 is 1.